The highest BCUT2D eigenvalue weighted by Crippen LogP contribution is 2.15. The molecule has 0 aliphatic heterocycles. The molecule has 27 N–H and O–H groups in total. The maximum Gasteiger partial charge on any atom is 0.326 e. The molecule has 0 saturated carbocycles. The van der Waals surface area contributed by atoms with Crippen LogP contribution in [0.1, 0.15) is 104 Å². The van der Waals surface area contributed by atoms with Gasteiger partial charge >= 0.3 is 23.9 Å². The van der Waals surface area contributed by atoms with Gasteiger partial charge in [0.05, 0.1) is 63.1 Å². The molecular formula is C71H103N17O28. The van der Waals surface area contributed by atoms with Gasteiger partial charge in [-0.3, -0.25) is 81.5 Å². The third kappa shape index (κ3) is 34.2. The molecule has 0 fully saturated rings. The van der Waals surface area contributed by atoms with Crippen molar-refractivity contribution in [1.29, 1.82) is 0 Å². The molecule has 0 saturated heterocycles. The molecule has 0 aliphatic rings. The molecule has 1 aromatic heterocycles. The summed E-state index contributed by atoms with van der Waals surface area (Å²) in [5, 5.41) is 132. The number of carboxylic acids is 4. The topological polar surface area (TPSA) is 733 Å². The zero-order valence-electron chi connectivity index (χ0n) is 64.3. The number of benzene rings is 2. The van der Waals surface area contributed by atoms with Crippen molar-refractivity contribution >= 4 is 107 Å². The van der Waals surface area contributed by atoms with Crippen LogP contribution in [0, 0.1) is 11.8 Å². The molecule has 14 unspecified atom stereocenters. The van der Waals surface area contributed by atoms with Crippen molar-refractivity contribution in [2.45, 2.75) is 203 Å². The third-order valence-corrected chi connectivity index (χ3v) is 17.2. The van der Waals surface area contributed by atoms with Crippen LogP contribution < -0.4 is 80.2 Å². The van der Waals surface area contributed by atoms with Crippen LogP contribution in [0.15, 0.2) is 67.1 Å². The molecule has 2 aromatic carbocycles. The average Bonchev–Trinajstić information content (AvgIpc) is 1.34. The summed E-state index contributed by atoms with van der Waals surface area (Å²) < 4.78 is 0. The van der Waals surface area contributed by atoms with Gasteiger partial charge in [0, 0.05) is 38.3 Å². The Morgan fingerprint density at radius 1 is 0.414 bits per heavy atom. The zero-order chi connectivity index (χ0) is 87.4. The number of rotatable bonds is 51. The number of nitrogens with two attached hydrogens (primary N) is 1. The minimum absolute atomic E-state index is 0.0134. The molecule has 0 bridgehead atoms. The number of aliphatic hydroxyl groups excluding tert-OH is 5. The number of aromatic nitrogens is 2. The Hall–Kier alpha value is -12.3. The van der Waals surface area contributed by atoms with E-state index < -0.39 is 281 Å². The number of amides is 14. The van der Waals surface area contributed by atoms with Gasteiger partial charge in [-0.15, -0.1) is 0 Å². The van der Waals surface area contributed by atoms with E-state index in [1.165, 1.54) is 69.7 Å². The van der Waals surface area contributed by atoms with Crippen LogP contribution in [0.4, 0.5) is 0 Å². The second kappa shape index (κ2) is 48.7. The van der Waals surface area contributed by atoms with E-state index in [-0.39, 0.29) is 24.5 Å². The van der Waals surface area contributed by atoms with E-state index >= 15 is 0 Å². The van der Waals surface area contributed by atoms with Crippen LogP contribution in [-0.4, -0.2) is 291 Å². The standard InChI is InChI=1S/C71H103N17O28/c1-32(2)21-44(61(105)78-43(71(115)116)18-20-53(98)99)79-62(106)45(23-38-13-15-40(94)16-14-38)80-65(109)48(28-89)83-67(111)50(30-91)84-68(112)55(33(3)4)87-64(108)47(25-54(100)101)81-66(110)49(29-90)85-70(114)57(36(7)93)88-63(107)46(22-37-11-9-8-10-12-37)82-69(113)56(35(6)92)86-51(95)27-74-60(104)42(17-19-52(96)97)77-58(102)34(5)76-59(103)41(72)24-39-26-73-31-75-39/h8-16,26,31-36,41-50,55-57,89-94H,17-25,27-30,72H2,1-7H3,(H,73,75)(H,74,104)(H,76,103)(H,77,102)(H,78,105)(H,79,106)(H,80,109)(H,81,110)(H,82,113)(H,83,111)(H,84,112)(H,85,114)(H,86,95)(H,87,108)(H,88,107)(H,96,97)(H,98,99)(H,100,101)(H,115,116)/t34?,35-,36-,41?,42?,43?,44?,45?,46?,47?,48?,49?,50?,55?,56?,57?/m1/s1. The summed E-state index contributed by atoms with van der Waals surface area (Å²) in [6, 6.07) is -12.0. The Morgan fingerprint density at radius 3 is 1.28 bits per heavy atom. The quantitative estimate of drug-likeness (QED) is 0.0250. The van der Waals surface area contributed by atoms with E-state index in [9.17, 15) is 132 Å². The molecule has 14 amide bonds. The smallest absolute Gasteiger partial charge is 0.326 e. The Labute approximate surface area is 662 Å². The number of aliphatic carboxylic acids is 4. The minimum Gasteiger partial charge on any atom is -0.508 e. The van der Waals surface area contributed by atoms with Gasteiger partial charge in [0.25, 0.3) is 0 Å². The van der Waals surface area contributed by atoms with Crippen LogP contribution in [0.5, 0.6) is 5.75 Å². The Balaban J connectivity index is 1.78. The molecule has 1 heterocycles. The van der Waals surface area contributed by atoms with E-state index in [4.69, 9.17) is 10.8 Å². The SMILES string of the molecule is CC(C)CC(NC(=O)C(Cc1ccc(O)cc1)NC(=O)C(CO)NC(=O)C(CO)NC(=O)C(NC(=O)C(CC(=O)O)NC(=O)C(CO)NC(=O)C(NC(=O)C(Cc1ccccc1)NC(=O)C(NC(=O)CNC(=O)C(CCC(=O)O)NC(=O)C(C)NC(=O)C(N)Cc1c[nH]cn1)[C@@H](C)O)[C@@H](C)O)C(C)C)C(=O)NC(CCC(=O)O)C(=O)O. The number of carbonyl (C=O) groups excluding carboxylic acids is 14. The zero-order valence-corrected chi connectivity index (χ0v) is 64.3. The molecule has 45 heteroatoms. The van der Waals surface area contributed by atoms with E-state index in [1.54, 1.807) is 32.0 Å². The first-order valence-corrected chi connectivity index (χ1v) is 36.3. The summed E-state index contributed by atoms with van der Waals surface area (Å²) >= 11 is 0. The number of hydrogen-bond donors (Lipinski definition) is 26. The van der Waals surface area contributed by atoms with Crippen molar-refractivity contribution in [1.82, 2.24) is 84.4 Å². The van der Waals surface area contributed by atoms with Crippen LogP contribution >= 0.6 is 0 Å². The predicted molar refractivity (Wildman–Crippen MR) is 399 cm³/mol. The molecule has 0 radical (unpaired) electrons. The molecule has 640 valence electrons. The number of aliphatic hydroxyl groups is 5. The third-order valence-electron chi connectivity index (χ3n) is 17.2. The lowest BCUT2D eigenvalue weighted by molar-refractivity contribution is -0.144. The molecule has 116 heavy (non-hydrogen) atoms. The van der Waals surface area contributed by atoms with E-state index in [2.05, 4.69) is 73.8 Å². The number of phenolic OH excluding ortho intramolecular Hbond substituents is 1. The fourth-order valence-corrected chi connectivity index (χ4v) is 10.8. The fraction of sp³-hybridized carbons (Fsp3) is 0.535. The maximum atomic E-state index is 14.2. The van der Waals surface area contributed by atoms with Crippen LogP contribution in [0.2, 0.25) is 0 Å². The molecule has 0 spiro atoms. The molecule has 3 aromatic rings. The first-order chi connectivity index (χ1) is 54.5. The van der Waals surface area contributed by atoms with Gasteiger partial charge < -0.3 is 136 Å². The van der Waals surface area contributed by atoms with Gasteiger partial charge in [-0.1, -0.05) is 70.2 Å². The number of aromatic amines is 1. The molecule has 0 aliphatic carbocycles. The van der Waals surface area contributed by atoms with Crippen molar-refractivity contribution in [2.75, 3.05) is 26.4 Å². The number of aromatic hydroxyl groups is 1. The number of nitrogens with zero attached hydrogens (tertiary/aromatic N) is 1. The number of H-pyrrole nitrogens is 1. The van der Waals surface area contributed by atoms with Gasteiger partial charge in [0.15, 0.2) is 0 Å². The lowest BCUT2D eigenvalue weighted by atomic mass is 10.00. The van der Waals surface area contributed by atoms with Crippen LogP contribution in [-0.2, 0) is 106 Å². The van der Waals surface area contributed by atoms with Crippen molar-refractivity contribution in [3.63, 3.8) is 0 Å². The number of hydrogen-bond acceptors (Lipinski definition) is 26. The van der Waals surface area contributed by atoms with E-state index in [1.807, 2.05) is 10.6 Å². The molecule has 3 rings (SSSR count). The Bertz CT molecular complexity index is 3890. The number of imidazole rings is 1. The number of carboxylic acid groups (broad SMARTS) is 4. The van der Waals surface area contributed by atoms with Gasteiger partial charge in [0.2, 0.25) is 82.7 Å². The Morgan fingerprint density at radius 2 is 0.819 bits per heavy atom. The van der Waals surface area contributed by atoms with Gasteiger partial charge in [-0.2, -0.15) is 0 Å². The maximum absolute atomic E-state index is 14.2. The summed E-state index contributed by atoms with van der Waals surface area (Å²) in [5.74, 6) is -24.5. The average molecular weight is 1640 g/mol. The van der Waals surface area contributed by atoms with Crippen LogP contribution in [0.3, 0.4) is 0 Å². The molecular weight excluding hydrogens is 1540 g/mol. The summed E-state index contributed by atoms with van der Waals surface area (Å²) in [6.07, 6.45) is -5.37. The predicted octanol–water partition coefficient (Wildman–Crippen LogP) is -9.36. The largest absolute Gasteiger partial charge is 0.508 e. The van der Waals surface area contributed by atoms with Gasteiger partial charge in [-0.25, -0.2) is 9.78 Å². The summed E-state index contributed by atoms with van der Waals surface area (Å²) in [4.78, 5) is 245. The molecule has 16 atom stereocenters. The van der Waals surface area contributed by atoms with Crippen molar-refractivity contribution in [3.05, 3.63) is 83.9 Å². The number of carbonyl (C=O) groups is 18. The van der Waals surface area contributed by atoms with Crippen molar-refractivity contribution in [2.24, 2.45) is 17.6 Å². The second-order valence-corrected chi connectivity index (χ2v) is 27.7. The Kier molecular flexibility index (Phi) is 41.1. The second-order valence-electron chi connectivity index (χ2n) is 27.7. The molecule has 45 nitrogen and oxygen atoms in total. The highest BCUT2D eigenvalue weighted by molar-refractivity contribution is 6.01. The highest BCUT2D eigenvalue weighted by atomic mass is 16.4. The normalized spacial score (nSPS) is 15.3. The number of phenols is 1. The van der Waals surface area contributed by atoms with Crippen molar-refractivity contribution in [3.8, 4) is 5.75 Å². The minimum atomic E-state index is -2.17. The lowest BCUT2D eigenvalue weighted by Gasteiger charge is -2.29. The van der Waals surface area contributed by atoms with E-state index in [0.717, 1.165) is 13.8 Å². The van der Waals surface area contributed by atoms with E-state index in [0.29, 0.717) is 16.8 Å². The summed E-state index contributed by atoms with van der Waals surface area (Å²) in [7, 11) is 0. The van der Waals surface area contributed by atoms with Gasteiger partial charge in [0.1, 0.15) is 84.3 Å². The summed E-state index contributed by atoms with van der Waals surface area (Å²) in [6.45, 7) is 4.50. The highest BCUT2D eigenvalue weighted by Gasteiger charge is 2.40. The first kappa shape index (κ1) is 97.9. The number of nitrogens with one attached hydrogen (secondary N) is 15. The van der Waals surface area contributed by atoms with Gasteiger partial charge in [-0.05, 0) is 75.1 Å². The van der Waals surface area contributed by atoms with Crippen molar-refractivity contribution < 1.29 is 137 Å². The van der Waals surface area contributed by atoms with Crippen LogP contribution in [0.25, 0.3) is 0 Å². The first-order valence-electron chi connectivity index (χ1n) is 36.3. The monoisotopic (exact) mass is 1640 g/mol. The fourth-order valence-electron chi connectivity index (χ4n) is 10.8. The lowest BCUT2D eigenvalue weighted by Crippen LogP contribution is -2.63. The summed E-state index contributed by atoms with van der Waals surface area (Å²) in [5.41, 5.74) is 7.02.